The van der Waals surface area contributed by atoms with Crippen molar-refractivity contribution in [1.29, 1.82) is 0 Å². The van der Waals surface area contributed by atoms with Crippen molar-refractivity contribution in [1.82, 2.24) is 10.3 Å². The molecule has 1 aromatic carbocycles. The van der Waals surface area contributed by atoms with E-state index in [0.717, 1.165) is 17.6 Å². The number of aromatic nitrogens is 1. The molecule has 1 aromatic heterocycles. The summed E-state index contributed by atoms with van der Waals surface area (Å²) >= 11 is 1.52. The molecule has 114 valence electrons. The van der Waals surface area contributed by atoms with Crippen LogP contribution in [0.15, 0.2) is 23.6 Å². The van der Waals surface area contributed by atoms with Crippen molar-refractivity contribution < 1.29 is 13.5 Å². The van der Waals surface area contributed by atoms with Gasteiger partial charge in [0.15, 0.2) is 11.6 Å². The van der Waals surface area contributed by atoms with Crippen LogP contribution in [-0.2, 0) is 13.2 Å². The van der Waals surface area contributed by atoms with Crippen molar-refractivity contribution in [3.8, 4) is 5.75 Å². The molecule has 0 amide bonds. The average Bonchev–Trinajstić information content (AvgIpc) is 2.88. The van der Waals surface area contributed by atoms with Crippen LogP contribution in [0.3, 0.4) is 0 Å². The van der Waals surface area contributed by atoms with Crippen LogP contribution in [-0.4, -0.2) is 11.5 Å². The second-order valence-corrected chi connectivity index (χ2v) is 6.04. The summed E-state index contributed by atoms with van der Waals surface area (Å²) in [6, 6.07) is 3.87. The Morgan fingerprint density at radius 1 is 1.33 bits per heavy atom. The molecule has 2 aromatic rings. The van der Waals surface area contributed by atoms with Crippen LogP contribution in [0.1, 0.15) is 24.5 Å². The summed E-state index contributed by atoms with van der Waals surface area (Å²) in [5.41, 5.74) is 0.713. The first-order valence-electron chi connectivity index (χ1n) is 6.77. The summed E-state index contributed by atoms with van der Waals surface area (Å²) in [5, 5.41) is 6.12. The maximum Gasteiger partial charge on any atom is 0.200 e. The number of ether oxygens (including phenoxy) is 1. The Balaban J connectivity index is 1.86. The van der Waals surface area contributed by atoms with Crippen LogP contribution < -0.4 is 10.1 Å². The van der Waals surface area contributed by atoms with E-state index in [9.17, 15) is 8.78 Å². The van der Waals surface area contributed by atoms with Crippen molar-refractivity contribution in [2.24, 2.45) is 5.92 Å². The van der Waals surface area contributed by atoms with E-state index in [4.69, 9.17) is 4.74 Å². The molecule has 1 N–H and O–H groups in total. The van der Waals surface area contributed by atoms with E-state index in [0.29, 0.717) is 18.2 Å². The van der Waals surface area contributed by atoms with Gasteiger partial charge in [0.1, 0.15) is 11.6 Å². The summed E-state index contributed by atoms with van der Waals surface area (Å²) in [7, 11) is 0. The first kappa shape index (κ1) is 15.9. The molecule has 0 fully saturated rings. The zero-order valence-electron chi connectivity index (χ0n) is 12.0. The number of hydrogen-bond donors (Lipinski definition) is 1. The Labute approximate surface area is 127 Å². The standard InChI is InChI=1S/C15H18F2N2OS/c1-10(2)6-18-7-14-19-11(9-21-14)8-20-13-5-3-4-12(16)15(13)17/h3-5,9-10,18H,6-8H2,1-2H3. The Hall–Kier alpha value is -1.53. The number of nitrogens with zero attached hydrogens (tertiary/aromatic N) is 1. The van der Waals surface area contributed by atoms with Gasteiger partial charge in [-0.25, -0.2) is 9.37 Å². The van der Waals surface area contributed by atoms with Crippen molar-refractivity contribution >= 4 is 11.3 Å². The van der Waals surface area contributed by atoms with Gasteiger partial charge >= 0.3 is 0 Å². The highest BCUT2D eigenvalue weighted by Gasteiger charge is 2.10. The summed E-state index contributed by atoms with van der Waals surface area (Å²) < 4.78 is 31.7. The molecule has 0 saturated carbocycles. The Bertz CT molecular complexity index is 587. The molecule has 0 aliphatic rings. The van der Waals surface area contributed by atoms with Gasteiger partial charge in [-0.1, -0.05) is 19.9 Å². The van der Waals surface area contributed by atoms with Crippen molar-refractivity contribution in [2.45, 2.75) is 27.0 Å². The van der Waals surface area contributed by atoms with Gasteiger partial charge in [0.05, 0.1) is 5.69 Å². The number of rotatable bonds is 7. The minimum Gasteiger partial charge on any atom is -0.484 e. The number of nitrogens with one attached hydrogen (secondary N) is 1. The number of halogens is 2. The monoisotopic (exact) mass is 312 g/mol. The molecule has 0 saturated heterocycles. The van der Waals surface area contributed by atoms with E-state index < -0.39 is 11.6 Å². The van der Waals surface area contributed by atoms with Crippen LogP contribution >= 0.6 is 11.3 Å². The number of thiazole rings is 1. The van der Waals surface area contributed by atoms with E-state index in [2.05, 4.69) is 24.1 Å². The van der Waals surface area contributed by atoms with E-state index in [-0.39, 0.29) is 12.4 Å². The predicted molar refractivity (Wildman–Crippen MR) is 79.3 cm³/mol. The van der Waals surface area contributed by atoms with Gasteiger partial charge in [0.2, 0.25) is 5.82 Å². The van der Waals surface area contributed by atoms with Crippen LogP contribution in [0, 0.1) is 17.6 Å². The summed E-state index contributed by atoms with van der Waals surface area (Å²) in [6.07, 6.45) is 0. The molecular formula is C15H18F2N2OS. The number of benzene rings is 1. The van der Waals surface area contributed by atoms with Gasteiger partial charge in [-0.3, -0.25) is 0 Å². The topological polar surface area (TPSA) is 34.2 Å². The van der Waals surface area contributed by atoms with Crippen LogP contribution in [0.5, 0.6) is 5.75 Å². The Morgan fingerprint density at radius 2 is 2.14 bits per heavy atom. The lowest BCUT2D eigenvalue weighted by Gasteiger charge is -2.06. The van der Waals surface area contributed by atoms with E-state index >= 15 is 0 Å². The highest BCUT2D eigenvalue weighted by molar-refractivity contribution is 7.09. The molecule has 3 nitrogen and oxygen atoms in total. The van der Waals surface area contributed by atoms with Crippen LogP contribution in [0.4, 0.5) is 8.78 Å². The van der Waals surface area contributed by atoms with E-state index in [1.165, 1.54) is 23.5 Å². The molecule has 0 radical (unpaired) electrons. The lowest BCUT2D eigenvalue weighted by molar-refractivity contribution is 0.281. The third-order valence-corrected chi connectivity index (χ3v) is 3.62. The zero-order valence-corrected chi connectivity index (χ0v) is 12.8. The molecule has 1 heterocycles. The lowest BCUT2D eigenvalue weighted by Crippen LogP contribution is -2.18. The zero-order chi connectivity index (χ0) is 15.2. The van der Waals surface area contributed by atoms with Crippen molar-refractivity contribution in [2.75, 3.05) is 6.54 Å². The molecular weight excluding hydrogens is 294 g/mol. The van der Waals surface area contributed by atoms with Gasteiger partial charge < -0.3 is 10.1 Å². The number of hydrogen-bond acceptors (Lipinski definition) is 4. The maximum atomic E-state index is 13.4. The largest absolute Gasteiger partial charge is 0.484 e. The van der Waals surface area contributed by atoms with Crippen LogP contribution in [0.2, 0.25) is 0 Å². The highest BCUT2D eigenvalue weighted by Crippen LogP contribution is 2.20. The molecule has 0 aliphatic carbocycles. The SMILES string of the molecule is CC(C)CNCc1nc(COc2cccc(F)c2F)cs1. The van der Waals surface area contributed by atoms with Gasteiger partial charge in [0, 0.05) is 11.9 Å². The average molecular weight is 312 g/mol. The fourth-order valence-corrected chi connectivity index (χ4v) is 2.46. The summed E-state index contributed by atoms with van der Waals surface area (Å²) in [5.74, 6) is -1.39. The first-order valence-corrected chi connectivity index (χ1v) is 7.65. The second-order valence-electron chi connectivity index (χ2n) is 5.10. The molecule has 6 heteroatoms. The second kappa shape index (κ2) is 7.47. The molecule has 0 unspecified atom stereocenters. The quantitative estimate of drug-likeness (QED) is 0.845. The fourth-order valence-electron chi connectivity index (χ4n) is 1.71. The van der Waals surface area contributed by atoms with Gasteiger partial charge in [0.25, 0.3) is 0 Å². The minimum absolute atomic E-state index is 0.0949. The fraction of sp³-hybridized carbons (Fsp3) is 0.400. The summed E-state index contributed by atoms with van der Waals surface area (Å²) in [4.78, 5) is 4.39. The van der Waals surface area contributed by atoms with Crippen LogP contribution in [0.25, 0.3) is 0 Å². The maximum absolute atomic E-state index is 13.4. The smallest absolute Gasteiger partial charge is 0.200 e. The van der Waals surface area contributed by atoms with E-state index in [1.807, 2.05) is 5.38 Å². The molecule has 0 aliphatic heterocycles. The molecule has 21 heavy (non-hydrogen) atoms. The van der Waals surface area contributed by atoms with Gasteiger partial charge in [-0.05, 0) is 24.6 Å². The van der Waals surface area contributed by atoms with Gasteiger partial charge in [-0.15, -0.1) is 11.3 Å². The highest BCUT2D eigenvalue weighted by atomic mass is 32.1. The summed E-state index contributed by atoms with van der Waals surface area (Å²) in [6.45, 7) is 6.04. The predicted octanol–water partition coefficient (Wildman–Crippen LogP) is 3.75. The minimum atomic E-state index is -0.966. The molecule has 0 spiro atoms. The Kier molecular flexibility index (Phi) is 5.64. The van der Waals surface area contributed by atoms with Crippen molar-refractivity contribution in [3.05, 3.63) is 45.9 Å². The Morgan fingerprint density at radius 3 is 2.90 bits per heavy atom. The van der Waals surface area contributed by atoms with Crippen molar-refractivity contribution in [3.63, 3.8) is 0 Å². The first-order chi connectivity index (χ1) is 10.1. The normalized spacial score (nSPS) is 11.1. The third-order valence-electron chi connectivity index (χ3n) is 2.72. The lowest BCUT2D eigenvalue weighted by atomic mass is 10.2. The third kappa shape index (κ3) is 4.75. The van der Waals surface area contributed by atoms with E-state index in [1.54, 1.807) is 0 Å². The molecule has 0 atom stereocenters. The molecule has 0 bridgehead atoms. The van der Waals surface area contributed by atoms with Gasteiger partial charge in [-0.2, -0.15) is 4.39 Å². The molecule has 2 rings (SSSR count).